The maximum Gasteiger partial charge on any atom is 0.227 e. The van der Waals surface area contributed by atoms with Gasteiger partial charge in [0.05, 0.1) is 6.42 Å². The minimum atomic E-state index is 0.163. The molecule has 0 aromatic carbocycles. The zero-order valence-corrected chi connectivity index (χ0v) is 15.3. The van der Waals surface area contributed by atoms with Crippen LogP contribution in [0.5, 0.6) is 0 Å². The first-order chi connectivity index (χ1) is 12.6. The Hall–Kier alpha value is -2.28. The Labute approximate surface area is 153 Å². The van der Waals surface area contributed by atoms with Crippen LogP contribution in [0.15, 0.2) is 18.3 Å². The molecule has 7 nitrogen and oxygen atoms in total. The first-order valence-corrected chi connectivity index (χ1v) is 9.23. The second kappa shape index (κ2) is 7.15. The number of methoxy groups -OCH3 is 1. The van der Waals surface area contributed by atoms with Gasteiger partial charge in [0.15, 0.2) is 11.6 Å². The summed E-state index contributed by atoms with van der Waals surface area (Å²) in [6.45, 7) is 3.88. The van der Waals surface area contributed by atoms with Gasteiger partial charge in [-0.25, -0.2) is 4.98 Å². The van der Waals surface area contributed by atoms with Gasteiger partial charge in [0.2, 0.25) is 5.91 Å². The number of ether oxygens (including phenoxy) is 1. The molecular formula is C19H25N5O2. The molecule has 26 heavy (non-hydrogen) atoms. The van der Waals surface area contributed by atoms with Crippen LogP contribution in [0.2, 0.25) is 0 Å². The molecule has 1 saturated carbocycles. The zero-order valence-electron chi connectivity index (χ0n) is 15.3. The third-order valence-corrected chi connectivity index (χ3v) is 5.44. The zero-order chi connectivity index (χ0) is 18.1. The molecule has 2 aliphatic rings. The molecule has 7 heteroatoms. The van der Waals surface area contributed by atoms with E-state index in [-0.39, 0.29) is 11.8 Å². The Morgan fingerprint density at radius 2 is 2.19 bits per heavy atom. The molecule has 2 atom stereocenters. The van der Waals surface area contributed by atoms with Gasteiger partial charge in [0.25, 0.3) is 0 Å². The number of rotatable bonds is 6. The Morgan fingerprint density at radius 1 is 1.35 bits per heavy atom. The summed E-state index contributed by atoms with van der Waals surface area (Å²) in [5, 5.41) is 7.36. The Morgan fingerprint density at radius 3 is 2.88 bits per heavy atom. The molecular weight excluding hydrogens is 330 g/mol. The van der Waals surface area contributed by atoms with Crippen LogP contribution < -0.4 is 0 Å². The van der Waals surface area contributed by atoms with E-state index in [0.29, 0.717) is 31.4 Å². The van der Waals surface area contributed by atoms with Gasteiger partial charge in [-0.3, -0.25) is 14.9 Å². The number of aromatic amines is 1. The second-order valence-electron chi connectivity index (χ2n) is 7.46. The molecule has 2 fully saturated rings. The molecule has 0 bridgehead atoms. The molecule has 138 valence electrons. The molecule has 0 radical (unpaired) electrons. The highest BCUT2D eigenvalue weighted by atomic mass is 16.5. The monoisotopic (exact) mass is 355 g/mol. The van der Waals surface area contributed by atoms with Crippen molar-refractivity contribution in [3.8, 4) is 0 Å². The van der Waals surface area contributed by atoms with Crippen molar-refractivity contribution in [2.75, 3.05) is 20.2 Å². The number of hydrogen-bond acceptors (Lipinski definition) is 5. The molecule has 2 aromatic heterocycles. The fraction of sp³-hybridized carbons (Fsp3) is 0.579. The number of nitrogens with zero attached hydrogens (tertiary/aromatic N) is 4. The minimum Gasteiger partial charge on any atom is -0.377 e. The number of carbonyl (C=O) groups is 1. The number of H-pyrrole nitrogens is 1. The van der Waals surface area contributed by atoms with Crippen LogP contribution in [0.25, 0.3) is 0 Å². The van der Waals surface area contributed by atoms with E-state index in [4.69, 9.17) is 4.74 Å². The highest BCUT2D eigenvalue weighted by molar-refractivity contribution is 5.79. The quantitative estimate of drug-likeness (QED) is 0.855. The van der Waals surface area contributed by atoms with Gasteiger partial charge in [-0.05, 0) is 43.2 Å². The molecule has 1 N–H and O–H groups in total. The summed E-state index contributed by atoms with van der Waals surface area (Å²) in [4.78, 5) is 23.7. The van der Waals surface area contributed by atoms with E-state index in [9.17, 15) is 4.79 Å². The smallest absolute Gasteiger partial charge is 0.227 e. The first kappa shape index (κ1) is 17.1. The molecule has 1 amide bonds. The van der Waals surface area contributed by atoms with Gasteiger partial charge in [-0.1, -0.05) is 6.07 Å². The maximum atomic E-state index is 12.8. The Kier molecular flexibility index (Phi) is 4.72. The van der Waals surface area contributed by atoms with Gasteiger partial charge in [0, 0.05) is 38.0 Å². The summed E-state index contributed by atoms with van der Waals surface area (Å²) in [5.41, 5.74) is 1.93. The van der Waals surface area contributed by atoms with Crippen LogP contribution in [-0.2, 0) is 22.6 Å². The average molecular weight is 355 g/mol. The summed E-state index contributed by atoms with van der Waals surface area (Å²) in [6.07, 6.45) is 4.70. The summed E-state index contributed by atoms with van der Waals surface area (Å²) in [7, 11) is 1.64. The van der Waals surface area contributed by atoms with Crippen molar-refractivity contribution < 1.29 is 9.53 Å². The lowest BCUT2D eigenvalue weighted by atomic mass is 9.91. The number of nitrogens with one attached hydrogen (secondary N) is 1. The largest absolute Gasteiger partial charge is 0.377 e. The summed E-state index contributed by atoms with van der Waals surface area (Å²) < 4.78 is 5.12. The van der Waals surface area contributed by atoms with Crippen LogP contribution in [-0.4, -0.2) is 51.2 Å². The first-order valence-electron chi connectivity index (χ1n) is 9.23. The lowest BCUT2D eigenvalue weighted by molar-refractivity contribution is -0.129. The molecule has 1 aliphatic heterocycles. The van der Waals surface area contributed by atoms with E-state index in [1.165, 1.54) is 12.8 Å². The molecule has 1 aliphatic carbocycles. The normalized spacial score (nSPS) is 22.8. The highest BCUT2D eigenvalue weighted by Gasteiger charge is 2.45. The maximum absolute atomic E-state index is 12.8. The van der Waals surface area contributed by atoms with Crippen LogP contribution in [0.1, 0.15) is 41.7 Å². The van der Waals surface area contributed by atoms with Crippen molar-refractivity contribution in [2.24, 2.45) is 11.8 Å². The number of carbonyl (C=O) groups excluding carboxylic acids is 1. The van der Waals surface area contributed by atoms with Crippen molar-refractivity contribution in [1.29, 1.82) is 0 Å². The van der Waals surface area contributed by atoms with Gasteiger partial charge in [0.1, 0.15) is 6.61 Å². The fourth-order valence-electron chi connectivity index (χ4n) is 3.87. The lowest BCUT2D eigenvalue weighted by Gasteiger charge is -2.16. The predicted octanol–water partition coefficient (Wildman–Crippen LogP) is 1.85. The van der Waals surface area contributed by atoms with Crippen molar-refractivity contribution >= 4 is 5.91 Å². The van der Waals surface area contributed by atoms with Gasteiger partial charge < -0.3 is 9.64 Å². The molecule has 3 heterocycles. The molecule has 1 saturated heterocycles. The van der Waals surface area contributed by atoms with Crippen molar-refractivity contribution in [3.05, 3.63) is 41.2 Å². The third-order valence-electron chi connectivity index (χ3n) is 5.44. The van der Waals surface area contributed by atoms with E-state index in [1.54, 1.807) is 13.3 Å². The molecule has 0 unspecified atom stereocenters. The molecule has 4 rings (SSSR count). The van der Waals surface area contributed by atoms with Crippen molar-refractivity contribution in [3.63, 3.8) is 0 Å². The number of hydrogen-bond donors (Lipinski definition) is 1. The second-order valence-corrected chi connectivity index (χ2v) is 7.46. The molecule has 2 aromatic rings. The standard InChI is InChI=1S/C19H25N5O2/c1-12-3-4-13(8-20-12)7-18(25)24-9-15(14-5-6-14)16(10-24)19-21-17(11-26-2)22-23-19/h3-4,8,14-16H,5-7,9-11H2,1-2H3,(H,21,22,23)/t15-,16+/m1/s1. The van der Waals surface area contributed by atoms with E-state index in [2.05, 4.69) is 20.2 Å². The third kappa shape index (κ3) is 3.62. The molecule has 0 spiro atoms. The summed E-state index contributed by atoms with van der Waals surface area (Å²) in [5.74, 6) is 3.10. The fourth-order valence-corrected chi connectivity index (χ4v) is 3.87. The van der Waals surface area contributed by atoms with Crippen LogP contribution in [0.3, 0.4) is 0 Å². The summed E-state index contributed by atoms with van der Waals surface area (Å²) in [6, 6.07) is 3.94. The highest BCUT2D eigenvalue weighted by Crippen LogP contribution is 2.47. The number of amides is 1. The predicted molar refractivity (Wildman–Crippen MR) is 95.3 cm³/mol. The Bertz CT molecular complexity index is 768. The number of aryl methyl sites for hydroxylation is 1. The minimum absolute atomic E-state index is 0.163. The average Bonchev–Trinajstić information content (AvgIpc) is 3.20. The van der Waals surface area contributed by atoms with Crippen LogP contribution in [0, 0.1) is 18.8 Å². The Balaban J connectivity index is 1.46. The van der Waals surface area contributed by atoms with Crippen LogP contribution >= 0.6 is 0 Å². The lowest BCUT2D eigenvalue weighted by Crippen LogP contribution is -2.30. The van der Waals surface area contributed by atoms with Crippen LogP contribution in [0.4, 0.5) is 0 Å². The summed E-state index contributed by atoms with van der Waals surface area (Å²) >= 11 is 0. The van der Waals surface area contributed by atoms with E-state index < -0.39 is 0 Å². The van der Waals surface area contributed by atoms with E-state index in [1.807, 2.05) is 24.0 Å². The SMILES string of the molecule is COCc1nc([C@H]2CN(C(=O)Cc3ccc(C)nc3)C[C@@H]2C2CC2)n[nH]1. The van der Waals surface area contributed by atoms with E-state index >= 15 is 0 Å². The van der Waals surface area contributed by atoms with Crippen molar-refractivity contribution in [1.82, 2.24) is 25.1 Å². The van der Waals surface area contributed by atoms with E-state index in [0.717, 1.165) is 29.5 Å². The van der Waals surface area contributed by atoms with Gasteiger partial charge in [-0.2, -0.15) is 5.10 Å². The van der Waals surface area contributed by atoms with Gasteiger partial charge >= 0.3 is 0 Å². The van der Waals surface area contributed by atoms with Crippen molar-refractivity contribution in [2.45, 2.75) is 38.7 Å². The number of aromatic nitrogens is 4. The van der Waals surface area contributed by atoms with Gasteiger partial charge in [-0.15, -0.1) is 0 Å². The number of likely N-dealkylation sites (tertiary alicyclic amines) is 1. The number of pyridine rings is 1. The topological polar surface area (TPSA) is 84.0 Å².